The van der Waals surface area contributed by atoms with Gasteiger partial charge in [-0.1, -0.05) is 19.6 Å². The summed E-state index contributed by atoms with van der Waals surface area (Å²) >= 11 is 0. The SMILES string of the molecule is C=CCOc1ccc(C(=O)NNC(=O)c2ccc(OC(C)CC)cc2)cc1. The molecule has 6 nitrogen and oxygen atoms in total. The van der Waals surface area contributed by atoms with Crippen molar-refractivity contribution in [1.82, 2.24) is 10.9 Å². The quantitative estimate of drug-likeness (QED) is 0.552. The van der Waals surface area contributed by atoms with Gasteiger partial charge in [0.1, 0.15) is 18.1 Å². The third kappa shape index (κ3) is 6.18. The van der Waals surface area contributed by atoms with Gasteiger partial charge in [0.15, 0.2) is 0 Å². The smallest absolute Gasteiger partial charge is 0.269 e. The number of ether oxygens (including phenoxy) is 2. The van der Waals surface area contributed by atoms with Crippen LogP contribution >= 0.6 is 0 Å². The van der Waals surface area contributed by atoms with Crippen LogP contribution in [0.25, 0.3) is 0 Å². The van der Waals surface area contributed by atoms with E-state index in [0.717, 1.165) is 6.42 Å². The number of amides is 2. The number of nitrogens with one attached hydrogen (secondary N) is 2. The molecule has 2 aromatic rings. The molecule has 2 amide bonds. The van der Waals surface area contributed by atoms with Crippen molar-refractivity contribution >= 4 is 11.8 Å². The van der Waals surface area contributed by atoms with Gasteiger partial charge in [-0.25, -0.2) is 0 Å². The molecule has 6 heteroatoms. The third-order valence-corrected chi connectivity index (χ3v) is 3.80. The predicted molar refractivity (Wildman–Crippen MR) is 104 cm³/mol. The molecule has 1 atom stereocenters. The fourth-order valence-corrected chi connectivity index (χ4v) is 2.12. The molecule has 1 unspecified atom stereocenters. The summed E-state index contributed by atoms with van der Waals surface area (Å²) in [6, 6.07) is 13.3. The van der Waals surface area contributed by atoms with Crippen LogP contribution in [0.1, 0.15) is 41.0 Å². The van der Waals surface area contributed by atoms with Crippen LogP contribution in [-0.4, -0.2) is 24.5 Å². The highest BCUT2D eigenvalue weighted by molar-refractivity contribution is 5.99. The van der Waals surface area contributed by atoms with Crippen LogP contribution in [0.5, 0.6) is 11.5 Å². The summed E-state index contributed by atoms with van der Waals surface area (Å²) in [5, 5.41) is 0. The number of hydrogen-bond donors (Lipinski definition) is 2. The predicted octanol–water partition coefficient (Wildman–Crippen LogP) is 3.50. The first-order valence-corrected chi connectivity index (χ1v) is 8.74. The summed E-state index contributed by atoms with van der Waals surface area (Å²) in [5.74, 6) is 0.499. The molecule has 0 aliphatic rings. The normalized spacial score (nSPS) is 11.2. The summed E-state index contributed by atoms with van der Waals surface area (Å²) < 4.78 is 11.0. The first-order valence-electron chi connectivity index (χ1n) is 8.74. The number of hydrazine groups is 1. The molecule has 2 N–H and O–H groups in total. The van der Waals surface area contributed by atoms with Gasteiger partial charge >= 0.3 is 0 Å². The zero-order valence-electron chi connectivity index (χ0n) is 15.5. The molecular weight excluding hydrogens is 344 g/mol. The summed E-state index contributed by atoms with van der Waals surface area (Å²) in [6.45, 7) is 7.98. The van der Waals surface area contributed by atoms with Crippen LogP contribution in [0.2, 0.25) is 0 Å². The summed E-state index contributed by atoms with van der Waals surface area (Å²) in [5.41, 5.74) is 5.60. The molecule has 27 heavy (non-hydrogen) atoms. The molecule has 0 fully saturated rings. The van der Waals surface area contributed by atoms with Gasteiger partial charge < -0.3 is 9.47 Å². The molecule has 0 saturated heterocycles. The van der Waals surface area contributed by atoms with Crippen LogP contribution in [0.3, 0.4) is 0 Å². The number of hydrogen-bond acceptors (Lipinski definition) is 4. The number of rotatable bonds is 8. The van der Waals surface area contributed by atoms with Gasteiger partial charge in [0, 0.05) is 11.1 Å². The minimum atomic E-state index is -0.421. The minimum Gasteiger partial charge on any atom is -0.491 e. The minimum absolute atomic E-state index is 0.109. The zero-order valence-corrected chi connectivity index (χ0v) is 15.5. The van der Waals surface area contributed by atoms with E-state index in [0.29, 0.717) is 29.2 Å². The van der Waals surface area contributed by atoms with Gasteiger partial charge in [-0.3, -0.25) is 20.4 Å². The van der Waals surface area contributed by atoms with E-state index in [9.17, 15) is 9.59 Å². The largest absolute Gasteiger partial charge is 0.491 e. The number of carbonyl (C=O) groups is 2. The van der Waals surface area contributed by atoms with Gasteiger partial charge in [0.2, 0.25) is 0 Å². The molecule has 2 rings (SSSR count). The first kappa shape index (κ1) is 20.0. The lowest BCUT2D eigenvalue weighted by molar-refractivity contribution is 0.0846. The third-order valence-electron chi connectivity index (χ3n) is 3.80. The Kier molecular flexibility index (Phi) is 7.43. The Morgan fingerprint density at radius 2 is 1.44 bits per heavy atom. The van der Waals surface area contributed by atoms with E-state index in [1.807, 2.05) is 13.8 Å². The average molecular weight is 368 g/mol. The summed E-state index contributed by atoms with van der Waals surface area (Å²) in [4.78, 5) is 24.3. The summed E-state index contributed by atoms with van der Waals surface area (Å²) in [7, 11) is 0. The van der Waals surface area contributed by atoms with Gasteiger partial charge in [-0.05, 0) is 61.9 Å². The molecule has 0 saturated carbocycles. The van der Waals surface area contributed by atoms with Crippen molar-refractivity contribution in [3.05, 3.63) is 72.3 Å². The van der Waals surface area contributed by atoms with Crippen LogP contribution in [0.4, 0.5) is 0 Å². The van der Waals surface area contributed by atoms with E-state index in [1.54, 1.807) is 54.6 Å². The average Bonchev–Trinajstić information content (AvgIpc) is 2.71. The number of carbonyl (C=O) groups excluding carboxylic acids is 2. The Hall–Kier alpha value is -3.28. The lowest BCUT2D eigenvalue weighted by atomic mass is 10.2. The first-order chi connectivity index (χ1) is 13.0. The van der Waals surface area contributed by atoms with Crippen molar-refractivity contribution in [3.8, 4) is 11.5 Å². The molecular formula is C21H24N2O4. The Balaban J connectivity index is 1.87. The van der Waals surface area contributed by atoms with Crippen molar-refractivity contribution < 1.29 is 19.1 Å². The highest BCUT2D eigenvalue weighted by Gasteiger charge is 2.10. The second-order valence-corrected chi connectivity index (χ2v) is 5.89. The maximum Gasteiger partial charge on any atom is 0.269 e. The molecule has 2 aromatic carbocycles. The van der Waals surface area contributed by atoms with E-state index >= 15 is 0 Å². The van der Waals surface area contributed by atoms with E-state index < -0.39 is 11.8 Å². The Bertz CT molecular complexity index is 770. The topological polar surface area (TPSA) is 76.7 Å². The highest BCUT2D eigenvalue weighted by atomic mass is 16.5. The second-order valence-electron chi connectivity index (χ2n) is 5.89. The molecule has 0 bridgehead atoms. The van der Waals surface area contributed by atoms with Gasteiger partial charge in [0.05, 0.1) is 6.10 Å². The molecule has 0 radical (unpaired) electrons. The van der Waals surface area contributed by atoms with Crippen LogP contribution in [0.15, 0.2) is 61.2 Å². The standard InChI is InChI=1S/C21H24N2O4/c1-4-14-26-18-10-6-16(7-11-18)20(24)22-23-21(25)17-8-12-19(13-9-17)27-15(3)5-2/h4,6-13,15H,1,5,14H2,2-3H3,(H,22,24)(H,23,25). The molecule has 0 heterocycles. The van der Waals surface area contributed by atoms with Crippen molar-refractivity contribution in [3.63, 3.8) is 0 Å². The Morgan fingerprint density at radius 3 is 1.89 bits per heavy atom. The maximum absolute atomic E-state index is 12.1. The van der Waals surface area contributed by atoms with Crippen molar-refractivity contribution in [1.29, 1.82) is 0 Å². The van der Waals surface area contributed by atoms with Gasteiger partial charge in [0.25, 0.3) is 11.8 Å². The summed E-state index contributed by atoms with van der Waals surface area (Å²) in [6.07, 6.45) is 2.65. The highest BCUT2D eigenvalue weighted by Crippen LogP contribution is 2.15. The van der Waals surface area contributed by atoms with E-state index in [2.05, 4.69) is 17.4 Å². The molecule has 0 spiro atoms. The molecule has 0 aliphatic carbocycles. The fraction of sp³-hybridized carbons (Fsp3) is 0.238. The van der Waals surface area contributed by atoms with E-state index in [4.69, 9.17) is 9.47 Å². The number of benzene rings is 2. The van der Waals surface area contributed by atoms with Crippen LogP contribution < -0.4 is 20.3 Å². The molecule has 142 valence electrons. The zero-order chi connectivity index (χ0) is 19.6. The molecule has 0 aromatic heterocycles. The van der Waals surface area contributed by atoms with Crippen LogP contribution in [0, 0.1) is 0 Å². The monoisotopic (exact) mass is 368 g/mol. The van der Waals surface area contributed by atoms with Crippen molar-refractivity contribution in [2.75, 3.05) is 6.61 Å². The lowest BCUT2D eigenvalue weighted by Gasteiger charge is -2.13. The lowest BCUT2D eigenvalue weighted by Crippen LogP contribution is -2.41. The van der Waals surface area contributed by atoms with E-state index in [1.165, 1.54) is 0 Å². The fourth-order valence-electron chi connectivity index (χ4n) is 2.12. The Morgan fingerprint density at radius 1 is 0.963 bits per heavy atom. The van der Waals surface area contributed by atoms with Gasteiger partial charge in [-0.15, -0.1) is 0 Å². The maximum atomic E-state index is 12.1. The van der Waals surface area contributed by atoms with E-state index in [-0.39, 0.29) is 6.10 Å². The van der Waals surface area contributed by atoms with Crippen molar-refractivity contribution in [2.45, 2.75) is 26.4 Å². The Labute approximate surface area is 159 Å². The van der Waals surface area contributed by atoms with Gasteiger partial charge in [-0.2, -0.15) is 0 Å². The van der Waals surface area contributed by atoms with Crippen LogP contribution in [-0.2, 0) is 0 Å². The van der Waals surface area contributed by atoms with Crippen molar-refractivity contribution in [2.24, 2.45) is 0 Å². The second kappa shape index (κ2) is 10.0. The molecule has 0 aliphatic heterocycles.